The van der Waals surface area contributed by atoms with Crippen LogP contribution in [0.15, 0.2) is 0 Å². The number of rotatable bonds is 2. The Morgan fingerprint density at radius 1 is 1.17 bits per heavy atom. The molecule has 3 amide bonds. The molecule has 0 aromatic rings. The molecule has 0 saturated carbocycles. The van der Waals surface area contributed by atoms with E-state index in [0.717, 1.165) is 0 Å². The fourth-order valence-corrected chi connectivity index (χ4v) is 0.212. The monoisotopic (exact) mass is 175 g/mol. The summed E-state index contributed by atoms with van der Waals surface area (Å²) in [5.41, 5.74) is 9.16. The van der Waals surface area contributed by atoms with Crippen molar-refractivity contribution in [1.82, 2.24) is 5.32 Å². The summed E-state index contributed by atoms with van der Waals surface area (Å²) >= 11 is 0. The predicted molar refractivity (Wildman–Crippen MR) is 42.7 cm³/mol. The van der Waals surface area contributed by atoms with Crippen LogP contribution in [-0.4, -0.2) is 24.3 Å². The van der Waals surface area contributed by atoms with Crippen LogP contribution in [0.3, 0.4) is 0 Å². The summed E-state index contributed by atoms with van der Waals surface area (Å²) in [4.78, 5) is 29.2. The van der Waals surface area contributed by atoms with Gasteiger partial charge in [-0.1, -0.05) is 0 Å². The van der Waals surface area contributed by atoms with Gasteiger partial charge in [0, 0.05) is 13.8 Å². The molecule has 0 aliphatic heterocycles. The second-order valence-electron chi connectivity index (χ2n) is 1.99. The van der Waals surface area contributed by atoms with Crippen molar-refractivity contribution in [1.29, 1.82) is 0 Å². The Kier molecular flexibility index (Phi) is 8.16. The lowest BCUT2D eigenvalue weighted by Crippen LogP contribution is -2.31. The highest BCUT2D eigenvalue weighted by Crippen LogP contribution is 1.57. The third-order valence-corrected chi connectivity index (χ3v) is 0.512. The van der Waals surface area contributed by atoms with E-state index in [1.165, 1.54) is 13.8 Å². The van der Waals surface area contributed by atoms with Crippen molar-refractivity contribution in [3.8, 4) is 0 Å². The number of hydrogen-bond donors (Lipinski definition) is 3. The topological polar surface area (TPSA) is 115 Å². The number of carbonyl (C=O) groups is 3. The number of nitrogens with one attached hydrogen (secondary N) is 1. The Morgan fingerprint density at radius 3 is 1.58 bits per heavy atom. The number of carbonyl (C=O) groups excluding carboxylic acids is 3. The average Bonchev–Trinajstić information content (AvgIpc) is 1.82. The third-order valence-electron chi connectivity index (χ3n) is 0.512. The van der Waals surface area contributed by atoms with Gasteiger partial charge in [-0.25, -0.2) is 0 Å². The maximum Gasteiger partial charge on any atom is 0.236 e. The van der Waals surface area contributed by atoms with Gasteiger partial charge in [-0.2, -0.15) is 0 Å². The van der Waals surface area contributed by atoms with E-state index in [2.05, 4.69) is 16.8 Å². The molecule has 0 fully saturated rings. The van der Waals surface area contributed by atoms with E-state index in [9.17, 15) is 14.4 Å². The summed E-state index contributed by atoms with van der Waals surface area (Å²) in [7, 11) is 0. The fraction of sp³-hybridized carbons (Fsp3) is 0.500. The molecule has 0 spiro atoms. The smallest absolute Gasteiger partial charge is 0.236 e. The second kappa shape index (κ2) is 7.52. The normalized spacial score (nSPS) is 7.50. The lowest BCUT2D eigenvalue weighted by atomic mass is 10.6. The van der Waals surface area contributed by atoms with E-state index in [-0.39, 0.29) is 18.4 Å². The van der Waals surface area contributed by atoms with Crippen molar-refractivity contribution in [2.24, 2.45) is 11.5 Å². The number of nitrogens with two attached hydrogens (primary N) is 2. The van der Waals surface area contributed by atoms with E-state index >= 15 is 0 Å². The van der Waals surface area contributed by atoms with Gasteiger partial charge in [0.05, 0.1) is 6.54 Å². The van der Waals surface area contributed by atoms with Crippen molar-refractivity contribution < 1.29 is 14.4 Å². The van der Waals surface area contributed by atoms with Gasteiger partial charge in [0.25, 0.3) is 0 Å². The van der Waals surface area contributed by atoms with Crippen LogP contribution >= 0.6 is 0 Å². The van der Waals surface area contributed by atoms with E-state index in [4.69, 9.17) is 0 Å². The Morgan fingerprint density at radius 2 is 1.50 bits per heavy atom. The minimum Gasteiger partial charge on any atom is -0.370 e. The van der Waals surface area contributed by atoms with Crippen molar-refractivity contribution >= 4 is 17.7 Å². The highest BCUT2D eigenvalue weighted by atomic mass is 16.2. The summed E-state index contributed by atoms with van der Waals surface area (Å²) in [6.07, 6.45) is 0. The van der Waals surface area contributed by atoms with Crippen LogP contribution in [0.1, 0.15) is 13.8 Å². The van der Waals surface area contributed by atoms with Crippen LogP contribution < -0.4 is 16.8 Å². The van der Waals surface area contributed by atoms with E-state index < -0.39 is 5.91 Å². The summed E-state index contributed by atoms with van der Waals surface area (Å²) in [6.45, 7) is 2.55. The van der Waals surface area contributed by atoms with E-state index in [0.29, 0.717) is 0 Å². The van der Waals surface area contributed by atoms with Gasteiger partial charge in [-0.05, 0) is 0 Å². The molecule has 70 valence electrons. The summed E-state index contributed by atoms with van der Waals surface area (Å²) in [5, 5.41) is 2.23. The van der Waals surface area contributed by atoms with Crippen LogP contribution in [0.4, 0.5) is 0 Å². The van der Waals surface area contributed by atoms with Crippen molar-refractivity contribution in [3.63, 3.8) is 0 Å². The second-order valence-corrected chi connectivity index (χ2v) is 1.99. The third kappa shape index (κ3) is 39.7. The molecule has 0 heterocycles. The quantitative estimate of drug-likeness (QED) is 0.455. The summed E-state index contributed by atoms with van der Waals surface area (Å²) < 4.78 is 0. The van der Waals surface area contributed by atoms with Crippen LogP contribution in [-0.2, 0) is 14.4 Å². The zero-order valence-electron chi connectivity index (χ0n) is 7.09. The lowest BCUT2D eigenvalue weighted by Gasteiger charge is -1.93. The molecule has 0 rings (SSSR count). The highest BCUT2D eigenvalue weighted by molar-refractivity contribution is 5.82. The Hall–Kier alpha value is -1.59. The minimum atomic E-state index is -0.528. The van der Waals surface area contributed by atoms with Crippen molar-refractivity contribution in [2.75, 3.05) is 6.54 Å². The molecule has 0 saturated heterocycles. The molecule has 0 aliphatic carbocycles. The van der Waals surface area contributed by atoms with Gasteiger partial charge in [0.1, 0.15) is 0 Å². The Balaban J connectivity index is 0. The molecular weight excluding hydrogens is 162 g/mol. The molecule has 5 N–H and O–H groups in total. The number of primary amides is 2. The molecule has 0 aromatic heterocycles. The van der Waals surface area contributed by atoms with Gasteiger partial charge in [0.2, 0.25) is 17.7 Å². The van der Waals surface area contributed by atoms with Crippen LogP contribution in [0.5, 0.6) is 0 Å². The molecular formula is C6H13N3O3. The zero-order chi connectivity index (χ0) is 10.1. The molecule has 0 atom stereocenters. The Bertz CT molecular complexity index is 161. The standard InChI is InChI=1S/C4H8N2O2.C2H5NO/c1-3(7)6-2-4(5)8;1-2(3)4/h2H2,1H3,(H2,5,8)(H,6,7);1H3,(H2,3,4). The van der Waals surface area contributed by atoms with E-state index in [1.54, 1.807) is 0 Å². The first-order valence-corrected chi connectivity index (χ1v) is 3.15. The first kappa shape index (κ1) is 13.0. The van der Waals surface area contributed by atoms with Gasteiger partial charge < -0.3 is 16.8 Å². The maximum absolute atomic E-state index is 10.0. The van der Waals surface area contributed by atoms with Crippen LogP contribution in [0.2, 0.25) is 0 Å². The molecule has 6 heteroatoms. The molecule has 0 aliphatic rings. The fourth-order valence-electron chi connectivity index (χ4n) is 0.212. The summed E-state index contributed by atoms with van der Waals surface area (Å²) in [5.74, 6) is -1.11. The van der Waals surface area contributed by atoms with Crippen LogP contribution in [0, 0.1) is 0 Å². The molecule has 6 nitrogen and oxygen atoms in total. The van der Waals surface area contributed by atoms with Gasteiger partial charge in [-0.3, -0.25) is 14.4 Å². The zero-order valence-corrected chi connectivity index (χ0v) is 7.09. The van der Waals surface area contributed by atoms with Gasteiger partial charge >= 0.3 is 0 Å². The van der Waals surface area contributed by atoms with Crippen molar-refractivity contribution in [2.45, 2.75) is 13.8 Å². The van der Waals surface area contributed by atoms with Gasteiger partial charge in [-0.15, -0.1) is 0 Å². The van der Waals surface area contributed by atoms with E-state index in [1.807, 2.05) is 0 Å². The van der Waals surface area contributed by atoms with Crippen molar-refractivity contribution in [3.05, 3.63) is 0 Å². The van der Waals surface area contributed by atoms with Crippen LogP contribution in [0.25, 0.3) is 0 Å². The Labute approximate surface area is 70.3 Å². The average molecular weight is 175 g/mol. The SMILES string of the molecule is CC(=O)NCC(N)=O.CC(N)=O. The predicted octanol–water partition coefficient (Wildman–Crippen LogP) is -1.90. The molecule has 12 heavy (non-hydrogen) atoms. The highest BCUT2D eigenvalue weighted by Gasteiger charge is 1.92. The van der Waals surface area contributed by atoms with Gasteiger partial charge in [0.15, 0.2) is 0 Å². The minimum absolute atomic E-state index is 0.0741. The maximum atomic E-state index is 10.0. The first-order valence-electron chi connectivity index (χ1n) is 3.15. The molecule has 0 bridgehead atoms. The summed E-state index contributed by atoms with van der Waals surface area (Å²) in [6, 6.07) is 0. The largest absolute Gasteiger partial charge is 0.370 e. The number of amides is 3. The first-order chi connectivity index (χ1) is 5.36. The lowest BCUT2D eigenvalue weighted by molar-refractivity contribution is -0.123. The molecule has 0 aromatic carbocycles. The molecule has 0 radical (unpaired) electrons. The number of hydrogen-bond acceptors (Lipinski definition) is 3. The molecule has 0 unspecified atom stereocenters.